The second-order valence-corrected chi connectivity index (χ2v) is 4.84. The summed E-state index contributed by atoms with van der Waals surface area (Å²) in [6.07, 6.45) is -1.52. The maximum Gasteiger partial charge on any atom is 0.412 e. The number of amides is 1. The molecule has 1 unspecified atom stereocenters. The van der Waals surface area contributed by atoms with Crippen LogP contribution >= 0.6 is 0 Å². The van der Waals surface area contributed by atoms with Crippen LogP contribution < -0.4 is 5.73 Å². The van der Waals surface area contributed by atoms with Crippen molar-refractivity contribution >= 4 is 5.91 Å². The van der Waals surface area contributed by atoms with Crippen molar-refractivity contribution in [3.05, 3.63) is 0 Å². The number of halogens is 3. The van der Waals surface area contributed by atoms with E-state index < -0.39 is 24.2 Å². The average Bonchev–Trinajstić information content (AvgIpc) is 2.73. The van der Waals surface area contributed by atoms with E-state index in [-0.39, 0.29) is 19.4 Å². The minimum absolute atomic E-state index is 0.0769. The van der Waals surface area contributed by atoms with Gasteiger partial charge in [0.05, 0.1) is 0 Å². The van der Waals surface area contributed by atoms with Crippen molar-refractivity contribution in [1.29, 1.82) is 0 Å². The summed E-state index contributed by atoms with van der Waals surface area (Å²) in [6.45, 7) is 1.61. The third-order valence-corrected chi connectivity index (χ3v) is 3.65. The number of rotatable bonds is 5. The quantitative estimate of drug-likeness (QED) is 0.777. The molecule has 1 rings (SSSR count). The summed E-state index contributed by atoms with van der Waals surface area (Å²) in [5.74, 6) is -0.413. The fourth-order valence-corrected chi connectivity index (χ4v) is 2.53. The predicted octanol–water partition coefficient (Wildman–Crippen LogP) is 2.45. The van der Waals surface area contributed by atoms with Gasteiger partial charge >= 0.3 is 6.18 Å². The van der Waals surface area contributed by atoms with Crippen LogP contribution in [0.4, 0.5) is 13.2 Å². The zero-order valence-corrected chi connectivity index (χ0v) is 10.7. The lowest BCUT2D eigenvalue weighted by molar-refractivity contribution is -0.220. The topological polar surface area (TPSA) is 46.3 Å². The second kappa shape index (κ2) is 5.91. The Morgan fingerprint density at radius 3 is 2.56 bits per heavy atom. The first-order chi connectivity index (χ1) is 8.39. The van der Waals surface area contributed by atoms with E-state index in [1.165, 1.54) is 0 Å². The van der Waals surface area contributed by atoms with Gasteiger partial charge in [0.15, 0.2) is 5.54 Å². The average molecular weight is 266 g/mol. The van der Waals surface area contributed by atoms with E-state index in [2.05, 4.69) is 0 Å². The summed E-state index contributed by atoms with van der Waals surface area (Å²) >= 11 is 0. The molecule has 0 aromatic heterocycles. The van der Waals surface area contributed by atoms with Crippen LogP contribution in [0.3, 0.4) is 0 Å². The lowest BCUT2D eigenvalue weighted by atomic mass is 9.95. The van der Waals surface area contributed by atoms with Crippen LogP contribution in [0.1, 0.15) is 45.4 Å². The van der Waals surface area contributed by atoms with Gasteiger partial charge in [-0.25, -0.2) is 0 Å². The summed E-state index contributed by atoms with van der Waals surface area (Å²) in [6, 6.07) is 0. The summed E-state index contributed by atoms with van der Waals surface area (Å²) in [4.78, 5) is 12.9. The maximum absolute atomic E-state index is 13.1. The monoisotopic (exact) mass is 266 g/mol. The molecular formula is C12H21F3N2O. The Morgan fingerprint density at radius 2 is 2.06 bits per heavy atom. The maximum atomic E-state index is 13.1. The number of likely N-dealkylation sites (tertiary alicyclic amines) is 1. The van der Waals surface area contributed by atoms with Gasteiger partial charge in [-0.1, -0.05) is 19.8 Å². The summed E-state index contributed by atoms with van der Waals surface area (Å²) in [5, 5.41) is 0. The van der Waals surface area contributed by atoms with E-state index in [0.29, 0.717) is 12.8 Å². The molecule has 0 spiro atoms. The number of alkyl halides is 3. The molecule has 1 aliphatic rings. The van der Waals surface area contributed by atoms with Crippen molar-refractivity contribution in [2.75, 3.05) is 13.1 Å². The largest absolute Gasteiger partial charge is 0.412 e. The molecule has 0 aliphatic carbocycles. The molecule has 1 atom stereocenters. The van der Waals surface area contributed by atoms with Crippen molar-refractivity contribution in [3.63, 3.8) is 0 Å². The second-order valence-electron chi connectivity index (χ2n) is 4.84. The Balaban J connectivity index is 2.77. The van der Waals surface area contributed by atoms with Crippen molar-refractivity contribution in [2.45, 2.75) is 57.2 Å². The van der Waals surface area contributed by atoms with Crippen LogP contribution in [0.25, 0.3) is 0 Å². The van der Waals surface area contributed by atoms with Crippen LogP contribution in [-0.2, 0) is 4.79 Å². The zero-order valence-electron chi connectivity index (χ0n) is 10.7. The molecule has 0 aromatic rings. The van der Waals surface area contributed by atoms with Crippen LogP contribution in [-0.4, -0.2) is 35.6 Å². The van der Waals surface area contributed by atoms with Crippen molar-refractivity contribution in [2.24, 2.45) is 5.73 Å². The van der Waals surface area contributed by atoms with E-state index in [1.807, 2.05) is 6.92 Å². The van der Waals surface area contributed by atoms with Crippen LogP contribution in [0.2, 0.25) is 0 Å². The molecule has 1 aliphatic heterocycles. The Labute approximate surface area is 106 Å². The van der Waals surface area contributed by atoms with E-state index >= 15 is 0 Å². The zero-order chi connectivity index (χ0) is 13.8. The molecule has 1 amide bonds. The summed E-state index contributed by atoms with van der Waals surface area (Å²) in [7, 11) is 0. The van der Waals surface area contributed by atoms with Crippen molar-refractivity contribution in [1.82, 2.24) is 4.90 Å². The van der Waals surface area contributed by atoms with Gasteiger partial charge in [-0.15, -0.1) is 0 Å². The molecule has 18 heavy (non-hydrogen) atoms. The van der Waals surface area contributed by atoms with Gasteiger partial charge in [-0.2, -0.15) is 13.2 Å². The third kappa shape index (κ3) is 2.79. The summed E-state index contributed by atoms with van der Waals surface area (Å²) < 4.78 is 39.4. The molecule has 0 bridgehead atoms. The lowest BCUT2D eigenvalue weighted by Gasteiger charge is -2.39. The number of carbonyl (C=O) groups is 1. The number of nitrogens with zero attached hydrogens (tertiary/aromatic N) is 1. The molecule has 1 saturated heterocycles. The van der Waals surface area contributed by atoms with Gasteiger partial charge in [-0.05, 0) is 19.3 Å². The highest BCUT2D eigenvalue weighted by Gasteiger charge is 2.60. The van der Waals surface area contributed by atoms with Crippen LogP contribution in [0.5, 0.6) is 0 Å². The Morgan fingerprint density at radius 1 is 1.39 bits per heavy atom. The van der Waals surface area contributed by atoms with Crippen molar-refractivity contribution in [3.8, 4) is 0 Å². The molecule has 106 valence electrons. The summed E-state index contributed by atoms with van der Waals surface area (Å²) in [5.41, 5.74) is 3.20. The number of hydrogen-bond donors (Lipinski definition) is 1. The van der Waals surface area contributed by atoms with Gasteiger partial charge in [0, 0.05) is 19.5 Å². The highest BCUT2D eigenvalue weighted by Crippen LogP contribution is 2.42. The third-order valence-electron chi connectivity index (χ3n) is 3.65. The molecule has 0 radical (unpaired) electrons. The number of hydrogen-bond acceptors (Lipinski definition) is 2. The minimum Gasteiger partial charge on any atom is -0.328 e. The SMILES string of the molecule is CCCCCC(=O)N1CCCC1(CN)C(F)(F)F. The fraction of sp³-hybridized carbons (Fsp3) is 0.917. The van der Waals surface area contributed by atoms with Crippen LogP contribution in [0, 0.1) is 0 Å². The first-order valence-corrected chi connectivity index (χ1v) is 6.46. The van der Waals surface area contributed by atoms with E-state index in [9.17, 15) is 18.0 Å². The molecule has 0 aromatic carbocycles. The molecule has 3 nitrogen and oxygen atoms in total. The highest BCUT2D eigenvalue weighted by atomic mass is 19.4. The number of nitrogens with two attached hydrogens (primary N) is 1. The molecule has 0 saturated carbocycles. The van der Waals surface area contributed by atoms with Gasteiger partial charge in [0.2, 0.25) is 5.91 Å². The first-order valence-electron chi connectivity index (χ1n) is 6.46. The lowest BCUT2D eigenvalue weighted by Crippen LogP contribution is -2.61. The molecule has 2 N–H and O–H groups in total. The highest BCUT2D eigenvalue weighted by molar-refractivity contribution is 5.77. The smallest absolute Gasteiger partial charge is 0.328 e. The standard InChI is InChI=1S/C12H21F3N2O/c1-2-3-4-6-10(18)17-8-5-7-11(17,9-16)12(13,14)15/h2-9,16H2,1H3. The Hall–Kier alpha value is -0.780. The normalized spacial score (nSPS) is 24.6. The Bertz CT molecular complexity index is 294. The minimum atomic E-state index is -4.45. The van der Waals surface area contributed by atoms with E-state index in [1.54, 1.807) is 0 Å². The van der Waals surface area contributed by atoms with Crippen molar-refractivity contribution < 1.29 is 18.0 Å². The van der Waals surface area contributed by atoms with E-state index in [0.717, 1.165) is 17.7 Å². The molecular weight excluding hydrogens is 245 g/mol. The molecule has 1 fully saturated rings. The van der Waals surface area contributed by atoms with Crippen LogP contribution in [0.15, 0.2) is 0 Å². The first kappa shape index (κ1) is 15.3. The molecule has 1 heterocycles. The number of unbranched alkanes of at least 4 members (excludes halogenated alkanes) is 2. The predicted molar refractivity (Wildman–Crippen MR) is 62.9 cm³/mol. The number of carbonyl (C=O) groups excluding carboxylic acids is 1. The van der Waals surface area contributed by atoms with Gasteiger partial charge in [0.1, 0.15) is 0 Å². The van der Waals surface area contributed by atoms with Gasteiger partial charge in [0.25, 0.3) is 0 Å². The fourth-order valence-electron chi connectivity index (χ4n) is 2.53. The van der Waals surface area contributed by atoms with Gasteiger partial charge in [-0.3, -0.25) is 4.79 Å². The Kier molecular flexibility index (Phi) is 5.01. The van der Waals surface area contributed by atoms with Gasteiger partial charge < -0.3 is 10.6 Å². The molecule has 6 heteroatoms. The van der Waals surface area contributed by atoms with E-state index in [4.69, 9.17) is 5.73 Å².